The molecule has 0 fully saturated rings. The van der Waals surface area contributed by atoms with Gasteiger partial charge in [-0.15, -0.1) is 0 Å². The first-order valence-electron chi connectivity index (χ1n) is 6.93. The highest BCUT2D eigenvalue weighted by Crippen LogP contribution is 2.08. The normalized spacial score (nSPS) is 13.2. The van der Waals surface area contributed by atoms with Crippen molar-refractivity contribution in [2.24, 2.45) is 0 Å². The summed E-state index contributed by atoms with van der Waals surface area (Å²) in [6.45, 7) is 11.5. The number of rotatable bonds is 7. The molecule has 1 N–H and O–H groups in total. The molecule has 108 valence electrons. The molecule has 0 saturated carbocycles. The van der Waals surface area contributed by atoms with Gasteiger partial charge in [0.2, 0.25) is 0 Å². The third-order valence-electron chi connectivity index (χ3n) is 2.64. The van der Waals surface area contributed by atoms with Gasteiger partial charge in [-0.25, -0.2) is 4.79 Å². The molecule has 0 aliphatic carbocycles. The number of unbranched alkanes of at least 4 members (excludes halogenated alkanes) is 1. The van der Waals surface area contributed by atoms with Crippen molar-refractivity contribution in [1.29, 1.82) is 0 Å². The predicted octanol–water partition coefficient (Wildman–Crippen LogP) is 3.02. The second kappa shape index (κ2) is 8.35. The van der Waals surface area contributed by atoms with Gasteiger partial charge in [0.05, 0.1) is 0 Å². The van der Waals surface area contributed by atoms with Crippen molar-refractivity contribution in [2.45, 2.75) is 65.5 Å². The molecule has 0 radical (unpaired) electrons. The van der Waals surface area contributed by atoms with Crippen LogP contribution in [-0.4, -0.2) is 42.8 Å². The lowest BCUT2D eigenvalue weighted by atomic mass is 10.1. The van der Waals surface area contributed by atoms with E-state index in [-0.39, 0.29) is 6.09 Å². The lowest BCUT2D eigenvalue weighted by Gasteiger charge is -2.25. The van der Waals surface area contributed by atoms with Crippen LogP contribution in [0.1, 0.15) is 53.9 Å². The number of carbonyl (C=O) groups excluding carboxylic acids is 1. The van der Waals surface area contributed by atoms with Crippen LogP contribution >= 0.6 is 0 Å². The number of ether oxygens (including phenoxy) is 1. The number of likely N-dealkylation sites (N-methyl/N-ethyl adjacent to an activating group) is 1. The minimum Gasteiger partial charge on any atom is -0.444 e. The van der Waals surface area contributed by atoms with Gasteiger partial charge in [0.25, 0.3) is 0 Å². The second-order valence-corrected chi connectivity index (χ2v) is 5.90. The van der Waals surface area contributed by atoms with E-state index in [1.54, 1.807) is 11.9 Å². The fourth-order valence-corrected chi connectivity index (χ4v) is 1.52. The Hall–Kier alpha value is -0.770. The molecule has 4 nitrogen and oxygen atoms in total. The Morgan fingerprint density at radius 2 is 2.00 bits per heavy atom. The molecule has 0 rings (SSSR count). The standard InChI is InChI=1S/C14H30N2O2/c1-7-8-9-12(2)15-10-11-16(6)13(17)18-14(3,4)5/h12,15H,7-11H2,1-6H3. The van der Waals surface area contributed by atoms with Gasteiger partial charge in [-0.3, -0.25) is 0 Å². The van der Waals surface area contributed by atoms with Crippen LogP contribution in [0.25, 0.3) is 0 Å². The van der Waals surface area contributed by atoms with E-state index < -0.39 is 5.60 Å². The molecule has 4 heteroatoms. The summed E-state index contributed by atoms with van der Waals surface area (Å²) in [6, 6.07) is 0.511. The van der Waals surface area contributed by atoms with Gasteiger partial charge in [-0.05, 0) is 34.1 Å². The summed E-state index contributed by atoms with van der Waals surface area (Å²) in [5.74, 6) is 0. The van der Waals surface area contributed by atoms with Crippen LogP contribution in [0.3, 0.4) is 0 Å². The van der Waals surface area contributed by atoms with Crippen LogP contribution in [0.5, 0.6) is 0 Å². The summed E-state index contributed by atoms with van der Waals surface area (Å²) in [5.41, 5.74) is -0.423. The van der Waals surface area contributed by atoms with Crippen molar-refractivity contribution < 1.29 is 9.53 Å². The molecule has 0 aliphatic rings. The van der Waals surface area contributed by atoms with E-state index >= 15 is 0 Å². The van der Waals surface area contributed by atoms with Gasteiger partial charge in [-0.1, -0.05) is 19.8 Å². The fraction of sp³-hybridized carbons (Fsp3) is 0.929. The zero-order valence-corrected chi connectivity index (χ0v) is 12.9. The van der Waals surface area contributed by atoms with Gasteiger partial charge in [0.1, 0.15) is 5.60 Å². The quantitative estimate of drug-likeness (QED) is 0.763. The number of nitrogens with zero attached hydrogens (tertiary/aromatic N) is 1. The molecule has 0 heterocycles. The Balaban J connectivity index is 3.76. The highest BCUT2D eigenvalue weighted by atomic mass is 16.6. The van der Waals surface area contributed by atoms with Crippen molar-refractivity contribution in [3.63, 3.8) is 0 Å². The first-order chi connectivity index (χ1) is 8.26. The highest BCUT2D eigenvalue weighted by Gasteiger charge is 2.19. The largest absolute Gasteiger partial charge is 0.444 e. The number of amides is 1. The van der Waals surface area contributed by atoms with Crippen molar-refractivity contribution in [3.8, 4) is 0 Å². The minimum absolute atomic E-state index is 0.259. The van der Waals surface area contributed by atoms with Crippen LogP contribution in [0.15, 0.2) is 0 Å². The van der Waals surface area contributed by atoms with E-state index in [1.807, 2.05) is 20.8 Å². The Labute approximate surface area is 112 Å². The Kier molecular flexibility index (Phi) is 8.00. The number of hydrogen-bond donors (Lipinski definition) is 1. The summed E-state index contributed by atoms with van der Waals surface area (Å²) in [4.78, 5) is 13.3. The third-order valence-corrected chi connectivity index (χ3v) is 2.64. The zero-order valence-electron chi connectivity index (χ0n) is 12.9. The average molecular weight is 258 g/mol. The number of hydrogen-bond acceptors (Lipinski definition) is 3. The summed E-state index contributed by atoms with van der Waals surface area (Å²) >= 11 is 0. The lowest BCUT2D eigenvalue weighted by Crippen LogP contribution is -2.39. The van der Waals surface area contributed by atoms with Crippen molar-refractivity contribution in [1.82, 2.24) is 10.2 Å². The smallest absolute Gasteiger partial charge is 0.410 e. The van der Waals surface area contributed by atoms with Crippen LogP contribution in [-0.2, 0) is 4.74 Å². The van der Waals surface area contributed by atoms with E-state index in [4.69, 9.17) is 4.74 Å². The second-order valence-electron chi connectivity index (χ2n) is 5.90. The van der Waals surface area contributed by atoms with Crippen molar-refractivity contribution in [2.75, 3.05) is 20.1 Å². The summed E-state index contributed by atoms with van der Waals surface area (Å²) in [7, 11) is 1.77. The summed E-state index contributed by atoms with van der Waals surface area (Å²) in [5, 5.41) is 3.42. The molecular formula is C14H30N2O2. The van der Waals surface area contributed by atoms with E-state index in [9.17, 15) is 4.79 Å². The van der Waals surface area contributed by atoms with Crippen LogP contribution in [0.4, 0.5) is 4.79 Å². The Morgan fingerprint density at radius 3 is 2.50 bits per heavy atom. The molecule has 0 spiro atoms. The molecule has 1 amide bonds. The molecule has 0 aromatic carbocycles. The van der Waals surface area contributed by atoms with Crippen LogP contribution in [0, 0.1) is 0 Å². The molecule has 1 atom stereocenters. The Morgan fingerprint density at radius 1 is 1.39 bits per heavy atom. The van der Waals surface area contributed by atoms with E-state index in [2.05, 4.69) is 19.2 Å². The number of nitrogens with one attached hydrogen (secondary N) is 1. The van der Waals surface area contributed by atoms with Gasteiger partial charge < -0.3 is 15.0 Å². The minimum atomic E-state index is -0.423. The molecule has 1 unspecified atom stereocenters. The van der Waals surface area contributed by atoms with Crippen LogP contribution < -0.4 is 5.32 Å². The first-order valence-corrected chi connectivity index (χ1v) is 6.93. The monoisotopic (exact) mass is 258 g/mol. The molecule has 0 aromatic heterocycles. The topological polar surface area (TPSA) is 41.6 Å². The Bertz CT molecular complexity index is 236. The van der Waals surface area contributed by atoms with Gasteiger partial charge >= 0.3 is 6.09 Å². The van der Waals surface area contributed by atoms with E-state index in [1.165, 1.54) is 19.3 Å². The van der Waals surface area contributed by atoms with E-state index in [0.717, 1.165) is 6.54 Å². The SMILES string of the molecule is CCCCC(C)NCCN(C)C(=O)OC(C)(C)C. The maximum atomic E-state index is 11.7. The van der Waals surface area contributed by atoms with Crippen molar-refractivity contribution in [3.05, 3.63) is 0 Å². The maximum absolute atomic E-state index is 11.7. The first kappa shape index (κ1) is 17.2. The molecule has 0 aliphatic heterocycles. The molecule has 0 saturated heterocycles. The average Bonchev–Trinajstić information content (AvgIpc) is 2.23. The van der Waals surface area contributed by atoms with Gasteiger partial charge in [-0.2, -0.15) is 0 Å². The molecule has 18 heavy (non-hydrogen) atoms. The number of carbonyl (C=O) groups is 1. The highest BCUT2D eigenvalue weighted by molar-refractivity contribution is 5.67. The van der Waals surface area contributed by atoms with Gasteiger partial charge in [0, 0.05) is 26.2 Å². The van der Waals surface area contributed by atoms with Crippen molar-refractivity contribution >= 4 is 6.09 Å². The maximum Gasteiger partial charge on any atom is 0.410 e. The zero-order chi connectivity index (χ0) is 14.2. The lowest BCUT2D eigenvalue weighted by molar-refractivity contribution is 0.0299. The van der Waals surface area contributed by atoms with Crippen LogP contribution in [0.2, 0.25) is 0 Å². The van der Waals surface area contributed by atoms with E-state index in [0.29, 0.717) is 12.6 Å². The third kappa shape index (κ3) is 9.28. The molecular weight excluding hydrogens is 228 g/mol. The fourth-order valence-electron chi connectivity index (χ4n) is 1.52. The molecule has 0 aromatic rings. The van der Waals surface area contributed by atoms with Gasteiger partial charge in [0.15, 0.2) is 0 Å². The summed E-state index contributed by atoms with van der Waals surface area (Å²) < 4.78 is 5.28. The predicted molar refractivity (Wildman–Crippen MR) is 75.9 cm³/mol. The summed E-state index contributed by atoms with van der Waals surface area (Å²) in [6.07, 6.45) is 3.40. The molecule has 0 bridgehead atoms.